The summed E-state index contributed by atoms with van der Waals surface area (Å²) in [5.41, 5.74) is 5.11. The van der Waals surface area contributed by atoms with Gasteiger partial charge in [-0.15, -0.1) is 12.4 Å². The molecule has 4 N–H and O–H groups in total. The molecule has 11 heteroatoms. The zero-order chi connectivity index (χ0) is 17.5. The minimum atomic E-state index is -4.04. The fourth-order valence-electron chi connectivity index (χ4n) is 1.86. The summed E-state index contributed by atoms with van der Waals surface area (Å²) in [5, 5.41) is 13.4. The molecule has 136 valence electrons. The van der Waals surface area contributed by atoms with E-state index < -0.39 is 31.6 Å². The standard InChI is InChI=1S/C13H20N4O5S.ClH/c1-2-5-10(14)13(18)15-8-9-16-23(21,22)12-7-4-3-6-11(12)17(19)20;/h3-4,6-7,10,16H,2,5,8-9,14H2,1H3,(H,15,18);1H. The zero-order valence-electron chi connectivity index (χ0n) is 13.1. The maximum absolute atomic E-state index is 12.1. The number of para-hydroxylation sites is 1. The number of carbonyl (C=O) groups is 1. The second-order valence-corrected chi connectivity index (χ2v) is 6.54. The Labute approximate surface area is 146 Å². The monoisotopic (exact) mass is 380 g/mol. The first-order chi connectivity index (χ1) is 10.8. The predicted molar refractivity (Wildman–Crippen MR) is 91.4 cm³/mol. The van der Waals surface area contributed by atoms with Crippen molar-refractivity contribution in [1.29, 1.82) is 0 Å². The topological polar surface area (TPSA) is 144 Å². The molecule has 1 unspecified atom stereocenters. The number of nitrogens with zero attached hydrogens (tertiary/aromatic N) is 1. The molecular formula is C13H21ClN4O5S. The number of halogens is 1. The van der Waals surface area contributed by atoms with Gasteiger partial charge in [-0.2, -0.15) is 0 Å². The van der Waals surface area contributed by atoms with Crippen LogP contribution in [0, 0.1) is 10.1 Å². The second-order valence-electron chi connectivity index (χ2n) is 4.81. The number of sulfonamides is 1. The summed E-state index contributed by atoms with van der Waals surface area (Å²) in [6.07, 6.45) is 1.30. The van der Waals surface area contributed by atoms with Crippen LogP contribution in [0.15, 0.2) is 29.2 Å². The normalized spacial score (nSPS) is 12.1. The van der Waals surface area contributed by atoms with E-state index in [-0.39, 0.29) is 31.4 Å². The molecule has 1 aromatic rings. The first-order valence-electron chi connectivity index (χ1n) is 7.06. The average molecular weight is 381 g/mol. The van der Waals surface area contributed by atoms with Gasteiger partial charge in [0.25, 0.3) is 5.69 Å². The molecule has 9 nitrogen and oxygen atoms in total. The zero-order valence-corrected chi connectivity index (χ0v) is 14.7. The lowest BCUT2D eigenvalue weighted by Gasteiger charge is -2.11. The lowest BCUT2D eigenvalue weighted by atomic mass is 10.2. The molecule has 1 aromatic carbocycles. The van der Waals surface area contributed by atoms with Crippen LogP contribution < -0.4 is 15.8 Å². The largest absolute Gasteiger partial charge is 0.353 e. The third kappa shape index (κ3) is 6.40. The minimum Gasteiger partial charge on any atom is -0.353 e. The van der Waals surface area contributed by atoms with E-state index in [2.05, 4.69) is 10.0 Å². The number of nitrogens with two attached hydrogens (primary N) is 1. The van der Waals surface area contributed by atoms with Gasteiger partial charge in [0.05, 0.1) is 11.0 Å². The summed E-state index contributed by atoms with van der Waals surface area (Å²) in [6.45, 7) is 1.84. The van der Waals surface area contributed by atoms with Gasteiger partial charge in [-0.1, -0.05) is 25.5 Å². The maximum Gasteiger partial charge on any atom is 0.289 e. The van der Waals surface area contributed by atoms with Crippen molar-refractivity contribution >= 4 is 34.0 Å². The average Bonchev–Trinajstić information content (AvgIpc) is 2.51. The van der Waals surface area contributed by atoms with Crippen LogP contribution in [0.25, 0.3) is 0 Å². The number of benzene rings is 1. The molecular weight excluding hydrogens is 360 g/mol. The molecule has 1 atom stereocenters. The van der Waals surface area contributed by atoms with E-state index in [1.807, 2.05) is 6.92 Å². The van der Waals surface area contributed by atoms with Gasteiger partial charge >= 0.3 is 0 Å². The third-order valence-corrected chi connectivity index (χ3v) is 4.51. The van der Waals surface area contributed by atoms with E-state index in [0.29, 0.717) is 6.42 Å². The molecule has 0 bridgehead atoms. The summed E-state index contributed by atoms with van der Waals surface area (Å²) >= 11 is 0. The Balaban J connectivity index is 0.00000529. The van der Waals surface area contributed by atoms with E-state index >= 15 is 0 Å². The van der Waals surface area contributed by atoms with Crippen molar-refractivity contribution in [1.82, 2.24) is 10.0 Å². The van der Waals surface area contributed by atoms with Crippen LogP contribution in [0.2, 0.25) is 0 Å². The first-order valence-corrected chi connectivity index (χ1v) is 8.54. The number of hydrogen-bond acceptors (Lipinski definition) is 6. The van der Waals surface area contributed by atoms with Gasteiger partial charge in [0.1, 0.15) is 0 Å². The fourth-order valence-corrected chi connectivity index (χ4v) is 3.06. The molecule has 0 aliphatic carbocycles. The lowest BCUT2D eigenvalue weighted by Crippen LogP contribution is -2.43. The van der Waals surface area contributed by atoms with Crippen molar-refractivity contribution in [3.05, 3.63) is 34.4 Å². The molecule has 0 fully saturated rings. The van der Waals surface area contributed by atoms with E-state index in [0.717, 1.165) is 18.6 Å². The Morgan fingerprint density at radius 1 is 1.33 bits per heavy atom. The van der Waals surface area contributed by atoms with Crippen LogP contribution in [0.3, 0.4) is 0 Å². The third-order valence-electron chi connectivity index (χ3n) is 3.00. The highest BCUT2D eigenvalue weighted by Gasteiger charge is 2.24. The van der Waals surface area contributed by atoms with Gasteiger partial charge in [0.15, 0.2) is 4.90 Å². The fraction of sp³-hybridized carbons (Fsp3) is 0.462. The maximum atomic E-state index is 12.1. The Kier molecular flexibility index (Phi) is 9.44. The molecule has 0 aromatic heterocycles. The summed E-state index contributed by atoms with van der Waals surface area (Å²) in [6, 6.07) is 4.41. The minimum absolute atomic E-state index is 0. The van der Waals surface area contributed by atoms with Crippen molar-refractivity contribution < 1.29 is 18.1 Å². The van der Waals surface area contributed by atoms with Gasteiger partial charge in [-0.3, -0.25) is 14.9 Å². The van der Waals surface area contributed by atoms with Gasteiger partial charge in [-0.25, -0.2) is 13.1 Å². The Bertz CT molecular complexity index is 668. The van der Waals surface area contributed by atoms with Crippen LogP contribution in [0.1, 0.15) is 19.8 Å². The number of hydrogen-bond donors (Lipinski definition) is 3. The second kappa shape index (κ2) is 10.2. The van der Waals surface area contributed by atoms with Gasteiger partial charge in [0, 0.05) is 19.2 Å². The van der Waals surface area contributed by atoms with Gasteiger partial charge in [0.2, 0.25) is 15.9 Å². The van der Waals surface area contributed by atoms with Gasteiger partial charge < -0.3 is 11.1 Å². The molecule has 24 heavy (non-hydrogen) atoms. The molecule has 0 spiro atoms. The van der Waals surface area contributed by atoms with Crippen molar-refractivity contribution in [3.63, 3.8) is 0 Å². The predicted octanol–water partition coefficient (Wildman–Crippen LogP) is 0.539. The number of nitrogens with one attached hydrogen (secondary N) is 2. The molecule has 0 saturated heterocycles. The van der Waals surface area contributed by atoms with Crippen molar-refractivity contribution in [2.24, 2.45) is 5.73 Å². The highest BCUT2D eigenvalue weighted by molar-refractivity contribution is 7.89. The van der Waals surface area contributed by atoms with Crippen molar-refractivity contribution in [3.8, 4) is 0 Å². The van der Waals surface area contributed by atoms with E-state index in [9.17, 15) is 23.3 Å². The molecule has 0 heterocycles. The summed E-state index contributed by atoms with van der Waals surface area (Å²) in [4.78, 5) is 21.3. The van der Waals surface area contributed by atoms with Gasteiger partial charge in [-0.05, 0) is 12.5 Å². The molecule has 0 radical (unpaired) electrons. The smallest absolute Gasteiger partial charge is 0.289 e. The van der Waals surface area contributed by atoms with Crippen LogP contribution in [0.4, 0.5) is 5.69 Å². The van der Waals surface area contributed by atoms with Crippen molar-refractivity contribution in [2.45, 2.75) is 30.7 Å². The number of nitro groups is 1. The van der Waals surface area contributed by atoms with E-state index in [1.54, 1.807) is 0 Å². The highest BCUT2D eigenvalue weighted by Crippen LogP contribution is 2.22. The number of amides is 1. The Hall–Kier alpha value is -1.75. The quantitative estimate of drug-likeness (QED) is 0.324. The van der Waals surface area contributed by atoms with Crippen LogP contribution in [0.5, 0.6) is 0 Å². The SMILES string of the molecule is CCCC(N)C(=O)NCCNS(=O)(=O)c1ccccc1[N+](=O)[O-].Cl. The lowest BCUT2D eigenvalue weighted by molar-refractivity contribution is -0.387. The number of rotatable bonds is 9. The molecule has 0 saturated carbocycles. The van der Waals surface area contributed by atoms with E-state index in [1.165, 1.54) is 12.1 Å². The molecule has 0 aliphatic rings. The number of carbonyl (C=O) groups excluding carboxylic acids is 1. The Morgan fingerprint density at radius 2 is 1.96 bits per heavy atom. The summed E-state index contributed by atoms with van der Waals surface area (Å²) in [7, 11) is -4.04. The first kappa shape index (κ1) is 22.2. The molecule has 1 rings (SSSR count). The molecule has 0 aliphatic heterocycles. The van der Waals surface area contributed by atoms with Crippen molar-refractivity contribution in [2.75, 3.05) is 13.1 Å². The summed E-state index contributed by atoms with van der Waals surface area (Å²) in [5.74, 6) is -0.364. The molecule has 1 amide bonds. The van der Waals surface area contributed by atoms with Crippen LogP contribution in [-0.2, 0) is 14.8 Å². The number of nitro benzene ring substituents is 1. The Morgan fingerprint density at radius 3 is 2.54 bits per heavy atom. The summed E-state index contributed by atoms with van der Waals surface area (Å²) < 4.78 is 26.4. The van der Waals surface area contributed by atoms with Crippen LogP contribution in [-0.4, -0.2) is 38.4 Å². The van der Waals surface area contributed by atoms with E-state index in [4.69, 9.17) is 5.73 Å². The van der Waals surface area contributed by atoms with Crippen LogP contribution >= 0.6 is 12.4 Å². The highest BCUT2D eigenvalue weighted by atomic mass is 35.5.